The molecule has 1 aromatic heterocycles. The lowest BCUT2D eigenvalue weighted by Crippen LogP contribution is -2.42. The summed E-state index contributed by atoms with van der Waals surface area (Å²) in [5, 5.41) is 0. The summed E-state index contributed by atoms with van der Waals surface area (Å²) in [4.78, 5) is 45.2. The number of carbonyl (C=O) groups excluding carboxylic acids is 1. The molecule has 0 aromatic carbocycles. The van der Waals surface area contributed by atoms with Gasteiger partial charge in [0.2, 0.25) is 5.91 Å². The van der Waals surface area contributed by atoms with Crippen LogP contribution in [0.5, 0.6) is 0 Å². The number of amides is 1. The summed E-state index contributed by atoms with van der Waals surface area (Å²) in [6, 6.07) is 0. The Hall–Kier alpha value is -1.68. The Bertz CT molecular complexity index is 787. The lowest BCUT2D eigenvalue weighted by Gasteiger charge is -2.24. The number of aromatic amines is 1. The van der Waals surface area contributed by atoms with Crippen LogP contribution in [0, 0.1) is 0 Å². The smallest absolute Gasteiger partial charge is 0.330 e. The maximum atomic E-state index is 12.8. The summed E-state index contributed by atoms with van der Waals surface area (Å²) in [6.07, 6.45) is 2.29. The van der Waals surface area contributed by atoms with Gasteiger partial charge in [0, 0.05) is 18.8 Å². The Morgan fingerprint density at radius 3 is 2.77 bits per heavy atom. The maximum Gasteiger partial charge on any atom is 0.330 e. The van der Waals surface area contributed by atoms with E-state index in [1.165, 1.54) is 21.2 Å². The molecule has 1 aliphatic rings. The van der Waals surface area contributed by atoms with E-state index in [0.29, 0.717) is 19.5 Å². The molecule has 0 unspecified atom stereocenters. The predicted molar refractivity (Wildman–Crippen MR) is 111 cm³/mol. The number of aliphatic imine (C=N–C) groups is 1. The molecule has 144 valence electrons. The Labute approximate surface area is 160 Å². The molecule has 0 fully saturated rings. The molecule has 0 saturated carbocycles. The molecule has 1 amide bonds. The maximum absolute atomic E-state index is 12.8. The predicted octanol–water partition coefficient (Wildman–Crippen LogP) is 1.50. The van der Waals surface area contributed by atoms with Crippen LogP contribution in [0.15, 0.2) is 14.6 Å². The van der Waals surface area contributed by atoms with Crippen molar-refractivity contribution in [3.63, 3.8) is 0 Å². The van der Waals surface area contributed by atoms with E-state index in [4.69, 9.17) is 5.73 Å². The van der Waals surface area contributed by atoms with Crippen LogP contribution in [0.1, 0.15) is 33.1 Å². The Kier molecular flexibility index (Phi) is 7.83. The van der Waals surface area contributed by atoms with E-state index in [0.717, 1.165) is 29.5 Å². The zero-order valence-corrected chi connectivity index (χ0v) is 16.8. The van der Waals surface area contributed by atoms with Gasteiger partial charge in [0.25, 0.3) is 5.56 Å². The number of hydrogen-bond acceptors (Lipinski definition) is 7. The highest BCUT2D eigenvalue weighted by Gasteiger charge is 2.24. The van der Waals surface area contributed by atoms with Gasteiger partial charge in [-0.25, -0.2) is 4.79 Å². The Morgan fingerprint density at radius 1 is 1.38 bits per heavy atom. The molecule has 0 bridgehead atoms. The number of aromatic nitrogens is 2. The van der Waals surface area contributed by atoms with Gasteiger partial charge in [0.1, 0.15) is 10.2 Å². The van der Waals surface area contributed by atoms with Crippen molar-refractivity contribution >= 4 is 45.3 Å². The zero-order chi connectivity index (χ0) is 19.1. The van der Waals surface area contributed by atoms with Gasteiger partial charge in [-0.3, -0.25) is 24.1 Å². The third-order valence-electron chi connectivity index (χ3n) is 3.84. The molecule has 8 nitrogen and oxygen atoms in total. The number of thioether (sulfide) groups is 2. The summed E-state index contributed by atoms with van der Waals surface area (Å²) in [5.41, 5.74) is 5.01. The van der Waals surface area contributed by atoms with E-state index >= 15 is 0 Å². The molecule has 0 aliphatic carbocycles. The van der Waals surface area contributed by atoms with Crippen molar-refractivity contribution in [2.24, 2.45) is 4.99 Å². The third kappa shape index (κ3) is 4.94. The van der Waals surface area contributed by atoms with Crippen LogP contribution < -0.4 is 21.9 Å². The van der Waals surface area contributed by atoms with Crippen molar-refractivity contribution in [1.82, 2.24) is 9.55 Å². The summed E-state index contributed by atoms with van der Waals surface area (Å²) >= 11 is 3.01. The van der Waals surface area contributed by atoms with Crippen LogP contribution in [-0.2, 0) is 11.3 Å². The summed E-state index contributed by atoms with van der Waals surface area (Å²) < 4.78 is 2.21. The minimum Gasteiger partial charge on any atom is -0.383 e. The van der Waals surface area contributed by atoms with E-state index in [2.05, 4.69) is 9.98 Å². The minimum absolute atomic E-state index is 0.0441. The first kappa shape index (κ1) is 20.6. The average molecular weight is 400 g/mol. The number of H-pyrrole nitrogens is 1. The number of nitrogens with two attached hydrogens (primary N) is 1. The highest BCUT2D eigenvalue weighted by Crippen LogP contribution is 2.24. The number of carbonyl (C=O) groups is 1. The van der Waals surface area contributed by atoms with Crippen molar-refractivity contribution in [2.75, 3.05) is 35.2 Å². The molecule has 3 N–H and O–H groups in total. The van der Waals surface area contributed by atoms with Gasteiger partial charge in [-0.2, -0.15) is 0 Å². The molecule has 1 aromatic rings. The van der Waals surface area contributed by atoms with Gasteiger partial charge in [-0.05, 0) is 12.8 Å². The van der Waals surface area contributed by atoms with Crippen molar-refractivity contribution in [1.29, 1.82) is 0 Å². The van der Waals surface area contributed by atoms with E-state index in [9.17, 15) is 14.4 Å². The van der Waals surface area contributed by atoms with Crippen LogP contribution in [0.2, 0.25) is 0 Å². The normalized spacial score (nSPS) is 13.7. The largest absolute Gasteiger partial charge is 0.383 e. The Morgan fingerprint density at radius 2 is 2.15 bits per heavy atom. The molecular formula is C16H25N5O3S2. The second kappa shape index (κ2) is 9.86. The van der Waals surface area contributed by atoms with E-state index < -0.39 is 11.2 Å². The van der Waals surface area contributed by atoms with Crippen LogP contribution in [0.25, 0.3) is 0 Å². The zero-order valence-electron chi connectivity index (χ0n) is 15.1. The van der Waals surface area contributed by atoms with Crippen LogP contribution >= 0.6 is 23.5 Å². The standard InChI is InChI=1S/C16H25N5O3S2/c1-3-5-8-20(11(22)10-26-16-18-6-9-25-16)12-13(17)21(7-4-2)15(24)19-14(12)23/h3-10,17H2,1-2H3,(H,19,23,24). The monoisotopic (exact) mass is 399 g/mol. The van der Waals surface area contributed by atoms with Crippen molar-refractivity contribution in [3.05, 3.63) is 20.8 Å². The number of hydrogen-bond donors (Lipinski definition) is 2. The summed E-state index contributed by atoms with van der Waals surface area (Å²) in [6.45, 7) is 5.45. The summed E-state index contributed by atoms with van der Waals surface area (Å²) in [7, 11) is 0. The highest BCUT2D eigenvalue weighted by atomic mass is 32.2. The van der Waals surface area contributed by atoms with Gasteiger partial charge in [0.05, 0.1) is 12.3 Å². The average Bonchev–Trinajstić information content (AvgIpc) is 3.12. The first-order valence-corrected chi connectivity index (χ1v) is 10.7. The highest BCUT2D eigenvalue weighted by molar-refractivity contribution is 8.39. The van der Waals surface area contributed by atoms with Crippen molar-refractivity contribution < 1.29 is 4.79 Å². The molecule has 0 saturated heterocycles. The van der Waals surface area contributed by atoms with Gasteiger partial charge < -0.3 is 10.6 Å². The molecule has 2 rings (SSSR count). The lowest BCUT2D eigenvalue weighted by molar-refractivity contribution is -0.116. The van der Waals surface area contributed by atoms with Crippen LogP contribution in [0.4, 0.5) is 11.5 Å². The van der Waals surface area contributed by atoms with Crippen LogP contribution in [-0.4, -0.2) is 44.4 Å². The fourth-order valence-corrected chi connectivity index (χ4v) is 4.45. The van der Waals surface area contributed by atoms with Gasteiger partial charge >= 0.3 is 5.69 Å². The topological polar surface area (TPSA) is 114 Å². The van der Waals surface area contributed by atoms with E-state index in [1.54, 1.807) is 11.8 Å². The third-order valence-corrected chi connectivity index (χ3v) is 6.08. The van der Waals surface area contributed by atoms with Crippen molar-refractivity contribution in [3.8, 4) is 0 Å². The van der Waals surface area contributed by atoms with Crippen LogP contribution in [0.3, 0.4) is 0 Å². The van der Waals surface area contributed by atoms with Crippen molar-refractivity contribution in [2.45, 2.75) is 39.7 Å². The van der Waals surface area contributed by atoms with E-state index in [1.807, 2.05) is 13.8 Å². The molecule has 26 heavy (non-hydrogen) atoms. The minimum atomic E-state index is -0.623. The SMILES string of the molecule is CCCCN(C(=O)CSC1=NCCS1)c1c(N)n(CCC)c(=O)[nH]c1=O. The second-order valence-electron chi connectivity index (χ2n) is 5.83. The number of anilines is 2. The first-order chi connectivity index (χ1) is 12.5. The molecular weight excluding hydrogens is 374 g/mol. The van der Waals surface area contributed by atoms with E-state index in [-0.39, 0.29) is 23.2 Å². The quantitative estimate of drug-likeness (QED) is 0.685. The van der Waals surface area contributed by atoms with Gasteiger partial charge in [-0.15, -0.1) is 0 Å². The number of unbranched alkanes of at least 4 members (excludes halogenated alkanes) is 1. The van der Waals surface area contributed by atoms with Gasteiger partial charge in [-0.1, -0.05) is 43.8 Å². The number of nitrogen functional groups attached to an aromatic ring is 1. The Balaban J connectivity index is 2.33. The molecule has 1 aliphatic heterocycles. The first-order valence-electron chi connectivity index (χ1n) is 8.72. The molecule has 2 heterocycles. The number of nitrogens with one attached hydrogen (secondary N) is 1. The molecule has 0 spiro atoms. The number of nitrogens with zero attached hydrogens (tertiary/aromatic N) is 3. The summed E-state index contributed by atoms with van der Waals surface area (Å²) in [5.74, 6) is 0.951. The lowest BCUT2D eigenvalue weighted by atomic mass is 10.2. The molecule has 10 heteroatoms. The number of rotatable bonds is 8. The molecule has 0 atom stereocenters. The molecule has 0 radical (unpaired) electrons. The second-order valence-corrected chi connectivity index (χ2v) is 8.13. The fourth-order valence-electron chi connectivity index (χ4n) is 2.57. The van der Waals surface area contributed by atoms with Gasteiger partial charge in [0.15, 0.2) is 5.69 Å². The fraction of sp³-hybridized carbons (Fsp3) is 0.625.